The molecule has 2 aliphatic heterocycles. The monoisotopic (exact) mass is 607 g/mol. The van der Waals surface area contributed by atoms with Crippen LogP contribution < -0.4 is 10.1 Å². The van der Waals surface area contributed by atoms with E-state index < -0.39 is 0 Å². The number of likely N-dealkylation sites (N-methyl/N-ethyl adjacent to an activating group) is 1. The number of rotatable bonds is 10. The van der Waals surface area contributed by atoms with Gasteiger partial charge in [-0.15, -0.1) is 0 Å². The summed E-state index contributed by atoms with van der Waals surface area (Å²) in [6.07, 6.45) is 3.36. The lowest BCUT2D eigenvalue weighted by atomic mass is 9.82. The molecule has 2 heterocycles. The number of fused-ring (bicyclic) bond motifs is 2. The summed E-state index contributed by atoms with van der Waals surface area (Å²) in [5, 5.41) is 3.66. The van der Waals surface area contributed by atoms with Crippen molar-refractivity contribution >= 4 is 17.4 Å². The molecule has 0 aromatic heterocycles. The number of carbonyl (C=O) groups excluding carboxylic acids is 2. The molecule has 0 spiro atoms. The van der Waals surface area contributed by atoms with Gasteiger partial charge in [-0.25, -0.2) is 0 Å². The van der Waals surface area contributed by atoms with Gasteiger partial charge < -0.3 is 19.9 Å². The standard InChI is InChI=1S/C39H49N3O3/c1-27-23-32(39(3,4)5)18-19-36(27)45-22-10-13-30-14-16-31(17-15-30)34-24-33-25-42(28(2)43)26-35(40-33)37(34)38(44)41(6)21-20-29-11-8-7-9-12-29/h7-9,11-12,14-19,23,33,35,40H,10,13,20-22,24-26H2,1-6H3. The molecule has 238 valence electrons. The number of nitrogens with zero attached hydrogens (tertiary/aromatic N) is 2. The number of benzene rings is 3. The van der Waals surface area contributed by atoms with Gasteiger partial charge in [0.05, 0.1) is 12.6 Å². The predicted octanol–water partition coefficient (Wildman–Crippen LogP) is 6.35. The van der Waals surface area contributed by atoms with Crippen molar-refractivity contribution in [3.8, 4) is 5.75 Å². The van der Waals surface area contributed by atoms with Crippen molar-refractivity contribution in [2.24, 2.45) is 0 Å². The number of aryl methyl sites for hydroxylation is 2. The molecule has 5 rings (SSSR count). The summed E-state index contributed by atoms with van der Waals surface area (Å²) in [6.45, 7) is 12.9. The first-order chi connectivity index (χ1) is 21.5. The zero-order valence-electron chi connectivity index (χ0n) is 27.9. The molecule has 2 bridgehead atoms. The lowest BCUT2D eigenvalue weighted by Crippen LogP contribution is -2.61. The van der Waals surface area contributed by atoms with Gasteiger partial charge in [-0.05, 0) is 77.5 Å². The Morgan fingerprint density at radius 1 is 0.956 bits per heavy atom. The molecule has 1 saturated heterocycles. The smallest absolute Gasteiger partial charge is 0.251 e. The van der Waals surface area contributed by atoms with Gasteiger partial charge in [-0.2, -0.15) is 0 Å². The Balaban J connectivity index is 1.27. The molecule has 2 aliphatic rings. The van der Waals surface area contributed by atoms with Crippen LogP contribution in [0.5, 0.6) is 5.75 Å². The Morgan fingerprint density at radius 3 is 2.33 bits per heavy atom. The molecule has 6 nitrogen and oxygen atoms in total. The zero-order valence-corrected chi connectivity index (χ0v) is 27.9. The van der Waals surface area contributed by atoms with Crippen LogP contribution in [0.15, 0.2) is 78.4 Å². The molecule has 6 heteroatoms. The van der Waals surface area contributed by atoms with Crippen LogP contribution in [0.25, 0.3) is 5.57 Å². The van der Waals surface area contributed by atoms with Crippen molar-refractivity contribution in [3.05, 3.63) is 106 Å². The van der Waals surface area contributed by atoms with E-state index in [-0.39, 0.29) is 29.3 Å². The summed E-state index contributed by atoms with van der Waals surface area (Å²) in [7, 11) is 1.89. The Hall–Kier alpha value is -3.90. The molecule has 0 saturated carbocycles. The lowest BCUT2D eigenvalue weighted by Gasteiger charge is -2.44. The van der Waals surface area contributed by atoms with Crippen molar-refractivity contribution < 1.29 is 14.3 Å². The Kier molecular flexibility index (Phi) is 10.1. The highest BCUT2D eigenvalue weighted by atomic mass is 16.5. The van der Waals surface area contributed by atoms with Crippen LogP contribution in [-0.4, -0.2) is 67.0 Å². The van der Waals surface area contributed by atoms with E-state index in [9.17, 15) is 9.59 Å². The molecular formula is C39H49N3O3. The van der Waals surface area contributed by atoms with E-state index in [1.807, 2.05) is 35.0 Å². The number of ether oxygens (including phenoxy) is 1. The maximum absolute atomic E-state index is 14.0. The Bertz CT molecular complexity index is 1520. The van der Waals surface area contributed by atoms with Crippen LogP contribution in [0, 0.1) is 6.92 Å². The second kappa shape index (κ2) is 14.0. The molecule has 1 fully saturated rings. The second-order valence-corrected chi connectivity index (χ2v) is 13.8. The first kappa shape index (κ1) is 32.5. The van der Waals surface area contributed by atoms with Gasteiger partial charge in [0.2, 0.25) is 5.91 Å². The van der Waals surface area contributed by atoms with E-state index in [1.54, 1.807) is 6.92 Å². The van der Waals surface area contributed by atoms with E-state index in [1.165, 1.54) is 22.3 Å². The third-order valence-corrected chi connectivity index (χ3v) is 9.22. The van der Waals surface area contributed by atoms with E-state index >= 15 is 0 Å². The van der Waals surface area contributed by atoms with Crippen LogP contribution in [-0.2, 0) is 27.8 Å². The first-order valence-electron chi connectivity index (χ1n) is 16.4. The Morgan fingerprint density at radius 2 is 1.67 bits per heavy atom. The fourth-order valence-corrected chi connectivity index (χ4v) is 6.48. The maximum Gasteiger partial charge on any atom is 0.251 e. The number of amides is 2. The summed E-state index contributed by atoms with van der Waals surface area (Å²) in [5.41, 5.74) is 8.08. The summed E-state index contributed by atoms with van der Waals surface area (Å²) in [6, 6.07) is 25.4. The van der Waals surface area contributed by atoms with Gasteiger partial charge in [-0.3, -0.25) is 9.59 Å². The minimum atomic E-state index is -0.180. The van der Waals surface area contributed by atoms with Crippen molar-refractivity contribution in [2.75, 3.05) is 33.3 Å². The topological polar surface area (TPSA) is 61.9 Å². The summed E-state index contributed by atoms with van der Waals surface area (Å²) in [5.74, 6) is 1.05. The predicted molar refractivity (Wildman–Crippen MR) is 182 cm³/mol. The van der Waals surface area contributed by atoms with Crippen molar-refractivity contribution in [1.29, 1.82) is 0 Å². The fourth-order valence-electron chi connectivity index (χ4n) is 6.48. The number of piperazine rings is 1. The average molecular weight is 608 g/mol. The van der Waals surface area contributed by atoms with Crippen molar-refractivity contribution in [2.45, 2.75) is 77.8 Å². The molecule has 3 aromatic carbocycles. The summed E-state index contributed by atoms with van der Waals surface area (Å²) < 4.78 is 6.14. The van der Waals surface area contributed by atoms with E-state index in [0.29, 0.717) is 32.7 Å². The quantitative estimate of drug-likeness (QED) is 0.273. The van der Waals surface area contributed by atoms with Crippen LogP contribution >= 0.6 is 0 Å². The molecule has 0 aliphatic carbocycles. The lowest BCUT2D eigenvalue weighted by molar-refractivity contribution is -0.132. The molecule has 2 atom stereocenters. The Labute approximate surface area is 269 Å². The zero-order chi connectivity index (χ0) is 32.1. The highest BCUT2D eigenvalue weighted by Gasteiger charge is 2.39. The first-order valence-corrected chi connectivity index (χ1v) is 16.4. The van der Waals surface area contributed by atoms with Gasteiger partial charge in [-0.1, -0.05) is 87.5 Å². The molecule has 0 radical (unpaired) electrons. The van der Waals surface area contributed by atoms with Gasteiger partial charge in [0.1, 0.15) is 5.75 Å². The van der Waals surface area contributed by atoms with Crippen LogP contribution in [0.4, 0.5) is 0 Å². The summed E-state index contributed by atoms with van der Waals surface area (Å²) in [4.78, 5) is 30.1. The van der Waals surface area contributed by atoms with E-state index in [2.05, 4.69) is 87.6 Å². The van der Waals surface area contributed by atoms with Crippen LogP contribution in [0.3, 0.4) is 0 Å². The fraction of sp³-hybridized carbons (Fsp3) is 0.436. The summed E-state index contributed by atoms with van der Waals surface area (Å²) >= 11 is 0. The van der Waals surface area contributed by atoms with Crippen LogP contribution in [0.1, 0.15) is 68.4 Å². The third kappa shape index (κ3) is 8.04. The van der Waals surface area contributed by atoms with Crippen LogP contribution in [0.2, 0.25) is 0 Å². The van der Waals surface area contributed by atoms with Gasteiger partial charge >= 0.3 is 0 Å². The minimum absolute atomic E-state index is 0.0364. The third-order valence-electron chi connectivity index (χ3n) is 9.22. The minimum Gasteiger partial charge on any atom is -0.493 e. The van der Waals surface area contributed by atoms with Gasteiger partial charge in [0.15, 0.2) is 0 Å². The highest BCUT2D eigenvalue weighted by molar-refractivity contribution is 6.03. The second-order valence-electron chi connectivity index (χ2n) is 13.8. The molecule has 2 amide bonds. The van der Waals surface area contributed by atoms with Crippen molar-refractivity contribution in [3.63, 3.8) is 0 Å². The molecule has 1 N–H and O–H groups in total. The highest BCUT2D eigenvalue weighted by Crippen LogP contribution is 2.34. The molecule has 3 aromatic rings. The number of hydrogen-bond acceptors (Lipinski definition) is 4. The molecule has 45 heavy (non-hydrogen) atoms. The molecule has 2 unspecified atom stereocenters. The van der Waals surface area contributed by atoms with Gasteiger partial charge in [0, 0.05) is 45.2 Å². The van der Waals surface area contributed by atoms with E-state index in [4.69, 9.17) is 4.74 Å². The number of carbonyl (C=O) groups is 2. The maximum atomic E-state index is 14.0. The number of hydrogen-bond donors (Lipinski definition) is 1. The molecular weight excluding hydrogens is 558 g/mol. The normalized spacial score (nSPS) is 18.1. The van der Waals surface area contributed by atoms with Gasteiger partial charge in [0.25, 0.3) is 5.91 Å². The van der Waals surface area contributed by atoms with E-state index in [0.717, 1.165) is 41.7 Å². The SMILES string of the molecule is CC(=O)N1CC2CC(c3ccc(CCCOc4ccc(C(C)(C)C)cc4C)cc3)=C(C(=O)N(C)CCc3ccccc3)C(C1)N2. The average Bonchev–Trinajstić information content (AvgIpc) is 3.02. The number of nitrogens with one attached hydrogen (secondary N) is 1. The van der Waals surface area contributed by atoms with Crippen molar-refractivity contribution in [1.82, 2.24) is 15.1 Å². The largest absolute Gasteiger partial charge is 0.493 e.